The van der Waals surface area contributed by atoms with Crippen molar-refractivity contribution in [1.82, 2.24) is 0 Å². The molecule has 0 aromatic heterocycles. The number of aromatic hydroxyl groups is 1. The first-order valence-electron chi connectivity index (χ1n) is 17.5. The van der Waals surface area contributed by atoms with E-state index in [-0.39, 0.29) is 35.9 Å². The number of allylic oxidation sites excluding steroid dienone is 2. The minimum Gasteiger partial charge on any atom is -0.507 e. The molecular formula is C41H58O9. The minimum absolute atomic E-state index is 0.0172. The summed E-state index contributed by atoms with van der Waals surface area (Å²) in [6.45, 7) is 18.2. The van der Waals surface area contributed by atoms with Crippen molar-refractivity contribution in [2.24, 2.45) is 0 Å². The molecule has 0 aliphatic carbocycles. The second-order valence-electron chi connectivity index (χ2n) is 14.3. The van der Waals surface area contributed by atoms with Gasteiger partial charge in [-0.1, -0.05) is 31.2 Å². The number of rotatable bonds is 20. The molecule has 0 radical (unpaired) electrons. The number of methoxy groups -OCH3 is 3. The normalized spacial score (nSPS) is 15.0. The van der Waals surface area contributed by atoms with Gasteiger partial charge in [0.2, 0.25) is 0 Å². The lowest BCUT2D eigenvalue weighted by Gasteiger charge is -2.30. The molecule has 1 N–H and O–H groups in total. The maximum Gasteiger partial charge on any atom is 0.174 e. The molecule has 1 unspecified atom stereocenters. The lowest BCUT2D eigenvalue weighted by atomic mass is 9.87. The SMILES string of the molecule is C=C(COC(C)(C)CCC/C(C)=C/Cc1c(C2CC(=O)c3c(cc(O)c(CCC(C)(C)OCC(=O)CC)c3OC)O2)ccc(OC)c1C)OC. The zero-order chi connectivity index (χ0) is 37.2. The Labute approximate surface area is 298 Å². The summed E-state index contributed by atoms with van der Waals surface area (Å²) in [5.74, 6) is 1.86. The number of benzene rings is 2. The molecule has 1 atom stereocenters. The van der Waals surface area contributed by atoms with Gasteiger partial charge in [0, 0.05) is 18.1 Å². The van der Waals surface area contributed by atoms with Crippen molar-refractivity contribution in [3.8, 4) is 23.0 Å². The van der Waals surface area contributed by atoms with Crippen molar-refractivity contribution in [2.45, 2.75) is 117 Å². The Morgan fingerprint density at radius 1 is 1.04 bits per heavy atom. The van der Waals surface area contributed by atoms with E-state index in [0.717, 1.165) is 41.7 Å². The first kappa shape index (κ1) is 40.6. The van der Waals surface area contributed by atoms with Gasteiger partial charge in [-0.15, -0.1) is 0 Å². The Morgan fingerprint density at radius 2 is 1.72 bits per heavy atom. The van der Waals surface area contributed by atoms with E-state index >= 15 is 0 Å². The fraction of sp³-hybridized carbons (Fsp3) is 0.561. The maximum atomic E-state index is 13.8. The molecular weight excluding hydrogens is 636 g/mol. The van der Waals surface area contributed by atoms with Gasteiger partial charge in [0.05, 0.1) is 39.0 Å². The van der Waals surface area contributed by atoms with Crippen LogP contribution in [0.3, 0.4) is 0 Å². The molecule has 0 amide bonds. The van der Waals surface area contributed by atoms with E-state index in [0.29, 0.717) is 60.7 Å². The highest BCUT2D eigenvalue weighted by atomic mass is 16.5. The van der Waals surface area contributed by atoms with E-state index in [1.165, 1.54) is 18.7 Å². The Hall–Kier alpha value is -3.82. The van der Waals surface area contributed by atoms with E-state index in [1.807, 2.05) is 32.9 Å². The van der Waals surface area contributed by atoms with Crippen LogP contribution in [-0.2, 0) is 31.8 Å². The van der Waals surface area contributed by atoms with E-state index in [2.05, 4.69) is 33.4 Å². The van der Waals surface area contributed by atoms with Crippen LogP contribution in [0, 0.1) is 6.92 Å². The third kappa shape index (κ3) is 10.8. The molecule has 3 rings (SSSR count). The number of ketones is 2. The predicted octanol–water partition coefficient (Wildman–Crippen LogP) is 8.75. The number of phenolic OH excluding ortho intramolecular Hbond substituents is 1. The molecule has 0 saturated carbocycles. The average Bonchev–Trinajstić information content (AvgIpc) is 3.07. The van der Waals surface area contributed by atoms with Crippen molar-refractivity contribution in [3.63, 3.8) is 0 Å². The van der Waals surface area contributed by atoms with Gasteiger partial charge in [-0.2, -0.15) is 0 Å². The fourth-order valence-electron chi connectivity index (χ4n) is 6.13. The summed E-state index contributed by atoms with van der Waals surface area (Å²) in [5.41, 5.74) is 4.13. The zero-order valence-electron chi connectivity index (χ0n) is 31.9. The monoisotopic (exact) mass is 694 g/mol. The number of carbonyl (C=O) groups excluding carboxylic acids is 2. The Bertz CT molecular complexity index is 1550. The van der Waals surface area contributed by atoms with Crippen molar-refractivity contribution in [3.05, 3.63) is 70.0 Å². The van der Waals surface area contributed by atoms with Crippen molar-refractivity contribution < 1.29 is 43.1 Å². The lowest BCUT2D eigenvalue weighted by Crippen LogP contribution is -2.28. The molecule has 2 aromatic rings. The summed E-state index contributed by atoms with van der Waals surface area (Å²) in [4.78, 5) is 25.7. The van der Waals surface area contributed by atoms with Crippen LogP contribution in [0.15, 0.2) is 42.2 Å². The van der Waals surface area contributed by atoms with Gasteiger partial charge in [0.25, 0.3) is 0 Å². The smallest absolute Gasteiger partial charge is 0.174 e. The summed E-state index contributed by atoms with van der Waals surface area (Å²) in [7, 11) is 4.74. The number of phenols is 1. The first-order chi connectivity index (χ1) is 23.6. The molecule has 0 bridgehead atoms. The summed E-state index contributed by atoms with van der Waals surface area (Å²) in [6, 6.07) is 5.40. The Balaban J connectivity index is 1.82. The van der Waals surface area contributed by atoms with Gasteiger partial charge in [0.15, 0.2) is 11.6 Å². The van der Waals surface area contributed by atoms with Crippen LogP contribution in [0.5, 0.6) is 23.0 Å². The number of fused-ring (bicyclic) bond motifs is 1. The van der Waals surface area contributed by atoms with Crippen LogP contribution >= 0.6 is 0 Å². The molecule has 9 heteroatoms. The number of Topliss-reactive ketones (excluding diaryl/α,β-unsaturated/α-hetero) is 2. The van der Waals surface area contributed by atoms with Crippen LogP contribution in [0.4, 0.5) is 0 Å². The van der Waals surface area contributed by atoms with Gasteiger partial charge in [0.1, 0.15) is 53.6 Å². The van der Waals surface area contributed by atoms with Crippen molar-refractivity contribution in [1.29, 1.82) is 0 Å². The largest absolute Gasteiger partial charge is 0.507 e. The van der Waals surface area contributed by atoms with E-state index in [1.54, 1.807) is 21.1 Å². The highest BCUT2D eigenvalue weighted by molar-refractivity contribution is 6.03. The minimum atomic E-state index is -0.621. The molecule has 1 aliphatic rings. The maximum absolute atomic E-state index is 13.8. The number of ether oxygens (including phenoxy) is 6. The highest BCUT2D eigenvalue weighted by Gasteiger charge is 2.35. The molecule has 0 spiro atoms. The van der Waals surface area contributed by atoms with E-state index in [9.17, 15) is 14.7 Å². The quantitative estimate of drug-likeness (QED) is 0.107. The zero-order valence-corrected chi connectivity index (χ0v) is 31.9. The van der Waals surface area contributed by atoms with Crippen LogP contribution < -0.4 is 14.2 Å². The number of hydrogen-bond donors (Lipinski definition) is 1. The van der Waals surface area contributed by atoms with Gasteiger partial charge in [-0.3, -0.25) is 9.59 Å². The lowest BCUT2D eigenvalue weighted by molar-refractivity contribution is -0.129. The number of hydrogen-bond acceptors (Lipinski definition) is 9. The highest BCUT2D eigenvalue weighted by Crippen LogP contribution is 2.47. The van der Waals surface area contributed by atoms with E-state index < -0.39 is 11.7 Å². The molecule has 0 saturated heterocycles. The number of carbonyl (C=O) groups is 2. The van der Waals surface area contributed by atoms with E-state index in [4.69, 9.17) is 28.4 Å². The Morgan fingerprint density at radius 3 is 2.36 bits per heavy atom. The van der Waals surface area contributed by atoms with Crippen LogP contribution in [0.1, 0.15) is 119 Å². The second-order valence-corrected chi connectivity index (χ2v) is 14.3. The molecule has 9 nitrogen and oxygen atoms in total. The molecule has 1 heterocycles. The molecule has 0 fully saturated rings. The summed E-state index contributed by atoms with van der Waals surface area (Å²) < 4.78 is 34.9. The summed E-state index contributed by atoms with van der Waals surface area (Å²) >= 11 is 0. The van der Waals surface area contributed by atoms with Gasteiger partial charge in [-0.25, -0.2) is 0 Å². The van der Waals surface area contributed by atoms with Gasteiger partial charge < -0.3 is 33.5 Å². The topological polar surface area (TPSA) is 110 Å². The van der Waals surface area contributed by atoms with Crippen LogP contribution in [0.25, 0.3) is 0 Å². The first-order valence-corrected chi connectivity index (χ1v) is 17.5. The van der Waals surface area contributed by atoms with Crippen LogP contribution in [0.2, 0.25) is 0 Å². The standard InChI is InChI=1S/C41H58O9/c1-12-29(42)25-49-41(7,8)21-19-32-33(43)22-37-38(39(32)47-11)34(44)23-36(50-37)31-17-18-35(46-10)28(4)30(31)16-15-26(2)14-13-20-40(5,6)48-24-27(3)45-9/h15,17-18,22,36,43H,3,12-14,16,19-21,23-25H2,1-2,4-11H3/b26-15+. The fourth-order valence-corrected chi connectivity index (χ4v) is 6.13. The summed E-state index contributed by atoms with van der Waals surface area (Å²) in [5, 5.41) is 11.2. The second kappa shape index (κ2) is 17.9. The van der Waals surface area contributed by atoms with Crippen molar-refractivity contribution >= 4 is 11.6 Å². The Kier molecular flexibility index (Phi) is 14.5. The third-order valence-electron chi connectivity index (χ3n) is 9.51. The van der Waals surface area contributed by atoms with Gasteiger partial charge in [-0.05, 0) is 103 Å². The average molecular weight is 695 g/mol. The van der Waals surface area contributed by atoms with Crippen LogP contribution in [-0.4, -0.2) is 62.4 Å². The van der Waals surface area contributed by atoms with Crippen molar-refractivity contribution in [2.75, 3.05) is 34.5 Å². The van der Waals surface area contributed by atoms with Gasteiger partial charge >= 0.3 is 0 Å². The predicted molar refractivity (Wildman–Crippen MR) is 196 cm³/mol. The molecule has 2 aromatic carbocycles. The molecule has 276 valence electrons. The summed E-state index contributed by atoms with van der Waals surface area (Å²) in [6.07, 6.45) is 6.51. The molecule has 1 aliphatic heterocycles. The third-order valence-corrected chi connectivity index (χ3v) is 9.51. The molecule has 50 heavy (non-hydrogen) atoms.